The number of nitrogens with one attached hydrogen (secondary N) is 1. The number of halogens is 2. The van der Waals surface area contributed by atoms with Crippen LogP contribution in [0.25, 0.3) is 0 Å². The fourth-order valence-corrected chi connectivity index (χ4v) is 1.85. The highest BCUT2D eigenvalue weighted by molar-refractivity contribution is 5.85. The van der Waals surface area contributed by atoms with Gasteiger partial charge in [0.25, 0.3) is 0 Å². The summed E-state index contributed by atoms with van der Waals surface area (Å²) in [6.45, 7) is 5.14. The topological polar surface area (TPSA) is 15.3 Å². The maximum atomic E-state index is 3.51. The predicted octanol–water partition coefficient (Wildman–Crippen LogP) is 0.898. The molecular weight excluding hydrogens is 183 g/mol. The standard InChI is InChI=1S/C7H14N2.2ClH/c1-2-7-6-9(4-1)5-3-8-7;;/h7-8H,1-6H2;2*1H. The maximum absolute atomic E-state index is 3.51. The lowest BCUT2D eigenvalue weighted by Crippen LogP contribution is -2.53. The Kier molecular flexibility index (Phi) is 5.44. The number of piperazine rings is 1. The Hall–Kier alpha value is 0.500. The lowest BCUT2D eigenvalue weighted by molar-refractivity contribution is 0.152. The van der Waals surface area contributed by atoms with Crippen LogP contribution in [-0.4, -0.2) is 37.1 Å². The molecule has 2 fully saturated rings. The zero-order valence-electron chi connectivity index (χ0n) is 6.58. The molecule has 4 heteroatoms. The van der Waals surface area contributed by atoms with Crippen molar-refractivity contribution in [3.8, 4) is 0 Å². The van der Waals surface area contributed by atoms with Crippen LogP contribution >= 0.6 is 24.8 Å². The Morgan fingerprint density at radius 2 is 2.00 bits per heavy atom. The van der Waals surface area contributed by atoms with Crippen molar-refractivity contribution in [3.05, 3.63) is 0 Å². The number of hydrogen-bond acceptors (Lipinski definition) is 2. The Balaban J connectivity index is 0.000000500. The second kappa shape index (κ2) is 5.20. The molecule has 0 radical (unpaired) electrons. The van der Waals surface area contributed by atoms with Crippen LogP contribution in [0, 0.1) is 0 Å². The van der Waals surface area contributed by atoms with Gasteiger partial charge in [0.2, 0.25) is 0 Å². The maximum Gasteiger partial charge on any atom is 0.0196 e. The SMILES string of the molecule is C1CC2CN(C1)CCN2.Cl.Cl. The molecule has 0 spiro atoms. The van der Waals surface area contributed by atoms with Gasteiger partial charge in [0.05, 0.1) is 0 Å². The van der Waals surface area contributed by atoms with Crippen LogP contribution in [0.2, 0.25) is 0 Å². The first-order chi connectivity index (χ1) is 4.45. The molecule has 11 heavy (non-hydrogen) atoms. The first-order valence-electron chi connectivity index (χ1n) is 3.91. The minimum absolute atomic E-state index is 0. The summed E-state index contributed by atoms with van der Waals surface area (Å²) in [5, 5.41) is 3.51. The summed E-state index contributed by atoms with van der Waals surface area (Å²) in [5.41, 5.74) is 0. The molecule has 0 aromatic rings. The van der Waals surface area contributed by atoms with Crippen molar-refractivity contribution >= 4 is 24.8 Å². The molecule has 2 saturated heterocycles. The molecular formula is C7H16Cl2N2. The highest BCUT2D eigenvalue weighted by atomic mass is 35.5. The van der Waals surface area contributed by atoms with Gasteiger partial charge in [-0.25, -0.2) is 0 Å². The summed E-state index contributed by atoms with van der Waals surface area (Å²) in [7, 11) is 0. The number of rotatable bonds is 0. The molecule has 1 N–H and O–H groups in total. The van der Waals surface area contributed by atoms with E-state index >= 15 is 0 Å². The van der Waals surface area contributed by atoms with E-state index in [1.54, 1.807) is 0 Å². The quantitative estimate of drug-likeness (QED) is 0.623. The van der Waals surface area contributed by atoms with Crippen LogP contribution < -0.4 is 5.32 Å². The van der Waals surface area contributed by atoms with Crippen molar-refractivity contribution in [3.63, 3.8) is 0 Å². The highest BCUT2D eigenvalue weighted by Crippen LogP contribution is 2.11. The fraction of sp³-hybridized carbons (Fsp3) is 1.00. The third-order valence-electron chi connectivity index (χ3n) is 2.37. The minimum Gasteiger partial charge on any atom is -0.311 e. The molecule has 2 nitrogen and oxygen atoms in total. The molecule has 0 aliphatic carbocycles. The van der Waals surface area contributed by atoms with Gasteiger partial charge in [0, 0.05) is 25.7 Å². The average Bonchev–Trinajstić information content (AvgIpc) is 1.88. The summed E-state index contributed by atoms with van der Waals surface area (Å²) < 4.78 is 0. The van der Waals surface area contributed by atoms with Crippen LogP contribution in [0.4, 0.5) is 0 Å². The Morgan fingerprint density at radius 1 is 1.18 bits per heavy atom. The number of piperidine rings is 1. The van der Waals surface area contributed by atoms with Gasteiger partial charge in [0.15, 0.2) is 0 Å². The van der Waals surface area contributed by atoms with E-state index in [9.17, 15) is 0 Å². The van der Waals surface area contributed by atoms with Gasteiger partial charge >= 0.3 is 0 Å². The van der Waals surface area contributed by atoms with Crippen molar-refractivity contribution in [1.29, 1.82) is 0 Å². The Morgan fingerprint density at radius 3 is 2.64 bits per heavy atom. The summed E-state index contributed by atoms with van der Waals surface area (Å²) in [5.74, 6) is 0. The van der Waals surface area contributed by atoms with E-state index in [0.717, 1.165) is 6.04 Å². The second-order valence-corrected chi connectivity index (χ2v) is 3.09. The first kappa shape index (κ1) is 11.5. The van der Waals surface area contributed by atoms with E-state index in [1.807, 2.05) is 0 Å². The Bertz CT molecular complexity index is 90.6. The minimum atomic E-state index is 0. The monoisotopic (exact) mass is 198 g/mol. The van der Waals surface area contributed by atoms with Crippen LogP contribution in [0.5, 0.6) is 0 Å². The van der Waals surface area contributed by atoms with Gasteiger partial charge in [-0.05, 0) is 19.4 Å². The van der Waals surface area contributed by atoms with Crippen LogP contribution in [0.1, 0.15) is 12.8 Å². The third-order valence-corrected chi connectivity index (χ3v) is 2.37. The lowest BCUT2D eigenvalue weighted by Gasteiger charge is -2.38. The van der Waals surface area contributed by atoms with E-state index in [-0.39, 0.29) is 24.8 Å². The van der Waals surface area contributed by atoms with E-state index in [2.05, 4.69) is 10.2 Å². The normalized spacial score (nSPS) is 34.9. The smallest absolute Gasteiger partial charge is 0.0196 e. The van der Waals surface area contributed by atoms with Crippen LogP contribution in [0.15, 0.2) is 0 Å². The van der Waals surface area contributed by atoms with E-state index < -0.39 is 0 Å². The molecule has 68 valence electrons. The zero-order chi connectivity index (χ0) is 6.10. The van der Waals surface area contributed by atoms with E-state index in [4.69, 9.17) is 0 Å². The summed E-state index contributed by atoms with van der Waals surface area (Å²) in [6, 6.07) is 0.826. The molecule has 2 unspecified atom stereocenters. The van der Waals surface area contributed by atoms with Crippen molar-refractivity contribution in [2.24, 2.45) is 0 Å². The molecule has 2 heterocycles. The summed E-state index contributed by atoms with van der Waals surface area (Å²) >= 11 is 0. The molecule has 0 saturated carbocycles. The van der Waals surface area contributed by atoms with Crippen molar-refractivity contribution in [2.75, 3.05) is 26.2 Å². The van der Waals surface area contributed by atoms with Gasteiger partial charge in [-0.2, -0.15) is 0 Å². The van der Waals surface area contributed by atoms with Crippen LogP contribution in [0.3, 0.4) is 0 Å². The van der Waals surface area contributed by atoms with Crippen molar-refractivity contribution in [2.45, 2.75) is 18.9 Å². The number of hydrogen-bond donors (Lipinski definition) is 1. The Labute approximate surface area is 80.5 Å². The van der Waals surface area contributed by atoms with Crippen molar-refractivity contribution in [1.82, 2.24) is 10.2 Å². The van der Waals surface area contributed by atoms with Gasteiger partial charge in [-0.15, -0.1) is 24.8 Å². The molecule has 2 aliphatic rings. The summed E-state index contributed by atoms with van der Waals surface area (Å²) in [6.07, 6.45) is 2.80. The fourth-order valence-electron chi connectivity index (χ4n) is 1.85. The lowest BCUT2D eigenvalue weighted by atomic mass is 10.0. The van der Waals surface area contributed by atoms with Gasteiger partial charge in [-0.1, -0.05) is 0 Å². The molecule has 2 atom stereocenters. The second-order valence-electron chi connectivity index (χ2n) is 3.09. The molecule has 2 rings (SSSR count). The first-order valence-corrected chi connectivity index (χ1v) is 3.91. The van der Waals surface area contributed by atoms with Crippen molar-refractivity contribution < 1.29 is 0 Å². The van der Waals surface area contributed by atoms with Gasteiger partial charge < -0.3 is 10.2 Å². The largest absolute Gasteiger partial charge is 0.311 e. The van der Waals surface area contributed by atoms with E-state index in [1.165, 1.54) is 39.0 Å². The number of fused-ring (bicyclic) bond motifs is 2. The molecule has 0 amide bonds. The van der Waals surface area contributed by atoms with Gasteiger partial charge in [-0.3, -0.25) is 0 Å². The van der Waals surface area contributed by atoms with Crippen LogP contribution in [-0.2, 0) is 0 Å². The summed E-state index contributed by atoms with van der Waals surface area (Å²) in [4.78, 5) is 2.56. The molecule has 0 aromatic carbocycles. The average molecular weight is 199 g/mol. The number of nitrogens with zero attached hydrogens (tertiary/aromatic N) is 1. The third kappa shape index (κ3) is 2.79. The van der Waals surface area contributed by atoms with Gasteiger partial charge in [0.1, 0.15) is 0 Å². The zero-order valence-corrected chi connectivity index (χ0v) is 8.22. The van der Waals surface area contributed by atoms with E-state index in [0.29, 0.717) is 0 Å². The molecule has 2 bridgehead atoms. The molecule has 2 aliphatic heterocycles. The predicted molar refractivity (Wildman–Crippen MR) is 52.0 cm³/mol. The molecule has 0 aromatic heterocycles. The highest BCUT2D eigenvalue weighted by Gasteiger charge is 2.22.